The molecule has 0 atom stereocenters. The van der Waals surface area contributed by atoms with Gasteiger partial charge in [-0.25, -0.2) is 0 Å². The first-order valence-corrected chi connectivity index (χ1v) is 12.7. The molecule has 0 amide bonds. The maximum Gasteiger partial charge on any atom is -0.0107 e. The van der Waals surface area contributed by atoms with E-state index < -0.39 is 0 Å². The van der Waals surface area contributed by atoms with Gasteiger partial charge in [0.25, 0.3) is 0 Å². The largest absolute Gasteiger partial charge is 0.189 e. The number of halogens is 1. The molecule has 3 heteroatoms. The van der Waals surface area contributed by atoms with Crippen LogP contribution in [0.25, 0.3) is 0 Å². The van der Waals surface area contributed by atoms with Gasteiger partial charge in [-0.1, -0.05) is 30.3 Å². The van der Waals surface area contributed by atoms with Gasteiger partial charge in [-0.2, -0.15) is 7.20 Å². The van der Waals surface area contributed by atoms with Gasteiger partial charge in [0.05, 0.1) is 0 Å². The lowest BCUT2D eigenvalue weighted by atomic mass is 10.2. The molecule has 1 aliphatic heterocycles. The molecule has 0 spiro atoms. The fraction of sp³-hybridized carbons (Fsp3) is 0.538. The quantitative estimate of drug-likeness (QED) is 0.546. The van der Waals surface area contributed by atoms with E-state index in [0.29, 0.717) is 7.92 Å². The molecule has 0 bridgehead atoms. The molecule has 1 saturated heterocycles. The van der Waals surface area contributed by atoms with Crippen molar-refractivity contribution in [3.63, 3.8) is 0 Å². The summed E-state index contributed by atoms with van der Waals surface area (Å²) in [4.78, 5) is 0. The molecule has 1 heterocycles. The smallest absolute Gasteiger partial charge is 0.0107 e. The number of hydrogen-bond acceptors (Lipinski definition) is 0. The van der Waals surface area contributed by atoms with Crippen molar-refractivity contribution in [2.75, 3.05) is 36.2 Å². The van der Waals surface area contributed by atoms with Crippen molar-refractivity contribution >= 4 is 36.3 Å². The molecule has 0 aromatic heterocycles. The van der Waals surface area contributed by atoms with E-state index in [0.717, 1.165) is 0 Å². The highest BCUT2D eigenvalue weighted by molar-refractivity contribution is 14.2. The molecule has 1 fully saturated rings. The molecule has 1 aromatic carbocycles. The fourth-order valence-corrected chi connectivity index (χ4v) is 12.1. The van der Waals surface area contributed by atoms with Crippen molar-refractivity contribution < 1.29 is 0 Å². The predicted octanol–water partition coefficient (Wildman–Crippen LogP) is 4.51. The molecule has 0 unspecified atom stereocenters. The Morgan fingerprint density at radius 1 is 1.19 bits per heavy atom. The Morgan fingerprint density at radius 3 is 2.44 bits per heavy atom. The third kappa shape index (κ3) is 4.19. The second-order valence-electron chi connectivity index (χ2n) is 4.64. The van der Waals surface area contributed by atoms with Crippen LogP contribution in [0.1, 0.15) is 5.56 Å². The topological polar surface area (TPSA) is 0 Å². The Labute approximate surface area is 114 Å². The van der Waals surface area contributed by atoms with E-state index >= 15 is 0 Å². The number of aryl methyl sites for hydroxylation is 1. The normalized spacial score (nSPS) is 34.2. The zero-order valence-electron chi connectivity index (χ0n) is 9.86. The van der Waals surface area contributed by atoms with Crippen molar-refractivity contribution in [2.24, 2.45) is 0 Å². The van der Waals surface area contributed by atoms with E-state index in [9.17, 15) is 0 Å². The first-order chi connectivity index (χ1) is 7.66. The van der Waals surface area contributed by atoms with Crippen molar-refractivity contribution in [3.8, 4) is 0 Å². The Morgan fingerprint density at radius 2 is 1.81 bits per heavy atom. The number of hydrogen-bond donors (Lipinski definition) is 0. The Kier molecular flexibility index (Phi) is 4.99. The first kappa shape index (κ1) is 13.2. The van der Waals surface area contributed by atoms with Crippen LogP contribution >= 0.6 is 36.3 Å². The summed E-state index contributed by atoms with van der Waals surface area (Å²) in [5.74, 6) is 3.04. The zero-order valence-corrected chi connectivity index (χ0v) is 13.7. The highest BCUT2D eigenvalue weighted by atomic mass is 127. The van der Waals surface area contributed by atoms with Crippen LogP contribution in [0.5, 0.6) is 0 Å². The molecule has 0 saturated carbocycles. The first-order valence-electron chi connectivity index (χ1n) is 5.85. The maximum absolute atomic E-state index is 2.73. The summed E-state index contributed by atoms with van der Waals surface area (Å²) in [6, 6.07) is 11.0. The van der Waals surface area contributed by atoms with E-state index in [1.165, 1.54) is 42.0 Å². The van der Waals surface area contributed by atoms with Crippen LogP contribution in [-0.2, 0) is 6.42 Å². The molecule has 0 aliphatic carbocycles. The van der Waals surface area contributed by atoms with Gasteiger partial charge in [-0.05, 0) is 69.4 Å². The molecule has 0 nitrogen and oxygen atoms in total. The lowest BCUT2D eigenvalue weighted by molar-refractivity contribution is 1.13. The van der Waals surface area contributed by atoms with Crippen molar-refractivity contribution in [1.82, 2.24) is 0 Å². The summed E-state index contributed by atoms with van der Waals surface area (Å²) >= 11 is 2.73. The van der Waals surface area contributed by atoms with E-state index in [-0.39, 0.29) is 7.20 Å². The van der Waals surface area contributed by atoms with E-state index in [4.69, 9.17) is 0 Å². The van der Waals surface area contributed by atoms with Crippen molar-refractivity contribution in [1.29, 1.82) is 0 Å². The highest BCUT2D eigenvalue weighted by Gasteiger charge is 2.23. The minimum Gasteiger partial charge on any atom is -0.189 e. The standard InChI is InChI=1S/C13H20IPS/c1-16(14)11-9-15(10-12-16)8-7-13-5-3-2-4-6-13/h2-6H,7-12H2,1H3. The molecular weight excluding hydrogens is 346 g/mol. The summed E-state index contributed by atoms with van der Waals surface area (Å²) in [5.41, 5.74) is 1.53. The Hall–Kier alpha value is 0.730. The SMILES string of the molecule is CS1(I)CCP(CCc2ccccc2)CC1. The average Bonchev–Trinajstić information content (AvgIpc) is 2.29. The zero-order chi connectivity index (χ0) is 11.4. The van der Waals surface area contributed by atoms with Gasteiger partial charge in [0.1, 0.15) is 0 Å². The second-order valence-corrected chi connectivity index (χ2v) is 16.8. The van der Waals surface area contributed by atoms with E-state index in [1.54, 1.807) is 0 Å². The van der Waals surface area contributed by atoms with Gasteiger partial charge in [0.15, 0.2) is 0 Å². The molecular formula is C13H20IPS. The van der Waals surface area contributed by atoms with Crippen LogP contribution in [-0.4, -0.2) is 36.2 Å². The van der Waals surface area contributed by atoms with E-state index in [2.05, 4.69) is 57.8 Å². The summed E-state index contributed by atoms with van der Waals surface area (Å²) in [7, 11) is 0.150. The van der Waals surface area contributed by atoms with Crippen LogP contribution < -0.4 is 0 Å². The van der Waals surface area contributed by atoms with E-state index in [1.807, 2.05) is 0 Å². The Balaban J connectivity index is 1.76. The van der Waals surface area contributed by atoms with Gasteiger partial charge < -0.3 is 0 Å². The van der Waals surface area contributed by atoms with Crippen LogP contribution in [0.4, 0.5) is 0 Å². The number of benzene rings is 1. The van der Waals surface area contributed by atoms with Crippen molar-refractivity contribution in [2.45, 2.75) is 6.42 Å². The fourth-order valence-electron chi connectivity index (χ4n) is 2.01. The molecule has 1 aromatic rings. The maximum atomic E-state index is 2.73. The predicted molar refractivity (Wildman–Crippen MR) is 88.9 cm³/mol. The van der Waals surface area contributed by atoms with Gasteiger partial charge in [-0.15, -0.1) is 7.92 Å². The second kappa shape index (κ2) is 6.06. The highest BCUT2D eigenvalue weighted by Crippen LogP contribution is 2.60. The van der Waals surface area contributed by atoms with Crippen LogP contribution in [0, 0.1) is 0 Å². The van der Waals surface area contributed by atoms with Crippen LogP contribution in [0.3, 0.4) is 0 Å². The molecule has 16 heavy (non-hydrogen) atoms. The summed E-state index contributed by atoms with van der Waals surface area (Å²) in [5, 5.41) is 0. The minimum atomic E-state index is -0.212. The van der Waals surface area contributed by atoms with Gasteiger partial charge in [-0.3, -0.25) is 0 Å². The average molecular weight is 366 g/mol. The third-order valence-corrected chi connectivity index (χ3v) is 11.2. The monoisotopic (exact) mass is 366 g/mol. The summed E-state index contributed by atoms with van der Waals surface area (Å²) in [6.45, 7) is 0. The van der Waals surface area contributed by atoms with Gasteiger partial charge in [0.2, 0.25) is 0 Å². The van der Waals surface area contributed by atoms with Gasteiger partial charge in [0, 0.05) is 0 Å². The molecule has 0 radical (unpaired) electrons. The third-order valence-electron chi connectivity index (χ3n) is 3.23. The van der Waals surface area contributed by atoms with Gasteiger partial charge >= 0.3 is 0 Å². The Bertz CT molecular complexity index is 316. The van der Waals surface area contributed by atoms with Crippen LogP contribution in [0.15, 0.2) is 30.3 Å². The van der Waals surface area contributed by atoms with Crippen LogP contribution in [0.2, 0.25) is 0 Å². The summed E-state index contributed by atoms with van der Waals surface area (Å²) < 4.78 is 0. The molecule has 2 rings (SSSR count). The molecule has 0 N–H and O–H groups in total. The summed E-state index contributed by atoms with van der Waals surface area (Å²) in [6.07, 6.45) is 8.34. The lowest BCUT2D eigenvalue weighted by Crippen LogP contribution is -2.16. The molecule has 1 aliphatic rings. The van der Waals surface area contributed by atoms with Crippen molar-refractivity contribution in [3.05, 3.63) is 35.9 Å². The lowest BCUT2D eigenvalue weighted by Gasteiger charge is -2.37. The minimum absolute atomic E-state index is 0.212. The molecule has 90 valence electrons. The number of rotatable bonds is 3.